The molecular weight excluding hydrogens is 378 g/mol. The summed E-state index contributed by atoms with van der Waals surface area (Å²) >= 11 is 4.61. The molecule has 22 heavy (non-hydrogen) atoms. The Morgan fingerprint density at radius 3 is 2.50 bits per heavy atom. The number of hydrogen-bond donors (Lipinski definition) is 0. The SMILES string of the molecule is C[Si](C)(C)CCOCc1ccc(C(=O)c2nc(Br)cs2)cc1. The average molecular weight is 398 g/mol. The lowest BCUT2D eigenvalue weighted by atomic mass is 10.1. The lowest BCUT2D eigenvalue weighted by Crippen LogP contribution is -2.21. The van der Waals surface area contributed by atoms with Gasteiger partial charge in [-0.05, 0) is 27.5 Å². The third kappa shape index (κ3) is 5.42. The molecule has 1 aromatic heterocycles. The molecule has 0 atom stereocenters. The van der Waals surface area contributed by atoms with Crippen LogP contribution in [-0.4, -0.2) is 25.4 Å². The number of ketones is 1. The highest BCUT2D eigenvalue weighted by atomic mass is 79.9. The van der Waals surface area contributed by atoms with Gasteiger partial charge in [-0.3, -0.25) is 4.79 Å². The van der Waals surface area contributed by atoms with Gasteiger partial charge in [0.1, 0.15) is 4.60 Å². The van der Waals surface area contributed by atoms with Gasteiger partial charge < -0.3 is 4.74 Å². The van der Waals surface area contributed by atoms with Gasteiger partial charge in [-0.2, -0.15) is 0 Å². The van der Waals surface area contributed by atoms with E-state index in [0.29, 0.717) is 21.8 Å². The van der Waals surface area contributed by atoms with Crippen molar-refractivity contribution >= 4 is 41.1 Å². The fraction of sp³-hybridized carbons (Fsp3) is 0.375. The predicted molar refractivity (Wildman–Crippen MR) is 97.5 cm³/mol. The summed E-state index contributed by atoms with van der Waals surface area (Å²) < 4.78 is 6.42. The first kappa shape index (κ1) is 17.5. The molecule has 0 saturated heterocycles. The molecule has 0 spiro atoms. The zero-order valence-electron chi connectivity index (χ0n) is 13.1. The number of halogens is 1. The van der Waals surface area contributed by atoms with E-state index in [1.165, 1.54) is 17.4 Å². The standard InChI is InChI=1S/C16H20BrNO2SSi/c1-22(2,3)9-8-20-10-12-4-6-13(7-5-12)15(19)16-18-14(17)11-21-16/h4-7,11H,8-10H2,1-3H3. The van der Waals surface area contributed by atoms with Crippen molar-refractivity contribution < 1.29 is 9.53 Å². The highest BCUT2D eigenvalue weighted by Crippen LogP contribution is 2.19. The van der Waals surface area contributed by atoms with Gasteiger partial charge >= 0.3 is 0 Å². The van der Waals surface area contributed by atoms with Gasteiger partial charge in [-0.25, -0.2) is 4.98 Å². The van der Waals surface area contributed by atoms with Crippen molar-refractivity contribution in [1.29, 1.82) is 0 Å². The number of carbonyl (C=O) groups excluding carboxylic acids is 1. The van der Waals surface area contributed by atoms with Crippen molar-refractivity contribution in [2.75, 3.05) is 6.61 Å². The molecule has 0 amide bonds. The van der Waals surface area contributed by atoms with Crippen LogP contribution < -0.4 is 0 Å². The number of thiazole rings is 1. The van der Waals surface area contributed by atoms with Crippen LogP contribution in [0.3, 0.4) is 0 Å². The molecule has 1 heterocycles. The second-order valence-corrected chi connectivity index (χ2v) is 13.7. The van der Waals surface area contributed by atoms with E-state index in [2.05, 4.69) is 40.6 Å². The van der Waals surface area contributed by atoms with E-state index in [1.54, 1.807) is 0 Å². The molecule has 0 bridgehead atoms. The molecule has 0 aliphatic rings. The molecule has 0 unspecified atom stereocenters. The second kappa shape index (κ2) is 7.63. The van der Waals surface area contributed by atoms with Crippen molar-refractivity contribution in [2.45, 2.75) is 32.3 Å². The first-order chi connectivity index (χ1) is 10.3. The molecule has 0 aliphatic carbocycles. The number of rotatable bonds is 7. The van der Waals surface area contributed by atoms with Crippen LogP contribution in [0.2, 0.25) is 25.7 Å². The van der Waals surface area contributed by atoms with Gasteiger partial charge in [0.25, 0.3) is 0 Å². The Labute approximate surface area is 144 Å². The van der Waals surface area contributed by atoms with E-state index >= 15 is 0 Å². The molecule has 6 heteroatoms. The molecule has 2 rings (SSSR count). The summed E-state index contributed by atoms with van der Waals surface area (Å²) in [5, 5.41) is 2.32. The van der Waals surface area contributed by atoms with E-state index in [9.17, 15) is 4.79 Å². The Bertz CT molecular complexity index is 634. The summed E-state index contributed by atoms with van der Waals surface area (Å²) in [6.45, 7) is 8.43. The Kier molecular flexibility index (Phi) is 6.08. The maximum Gasteiger partial charge on any atom is 0.221 e. The minimum absolute atomic E-state index is 0.0399. The molecular formula is C16H20BrNO2SSi. The van der Waals surface area contributed by atoms with Crippen molar-refractivity contribution in [3.05, 3.63) is 50.4 Å². The number of nitrogens with zero attached hydrogens (tertiary/aromatic N) is 1. The van der Waals surface area contributed by atoms with Crippen LogP contribution >= 0.6 is 27.3 Å². The van der Waals surface area contributed by atoms with Crippen LogP contribution in [0.25, 0.3) is 0 Å². The molecule has 0 fully saturated rings. The number of ether oxygens (including phenoxy) is 1. The molecule has 3 nitrogen and oxygen atoms in total. The zero-order valence-corrected chi connectivity index (χ0v) is 16.5. The molecule has 118 valence electrons. The third-order valence-corrected chi connectivity index (χ3v) is 6.41. The van der Waals surface area contributed by atoms with Crippen molar-refractivity contribution in [1.82, 2.24) is 4.98 Å². The molecule has 0 saturated carbocycles. The summed E-state index contributed by atoms with van der Waals surface area (Å²) in [5.74, 6) is -0.0399. The van der Waals surface area contributed by atoms with Crippen LogP contribution in [0.15, 0.2) is 34.2 Å². The van der Waals surface area contributed by atoms with Gasteiger partial charge in [-0.1, -0.05) is 43.9 Å². The molecule has 0 aliphatic heterocycles. The van der Waals surface area contributed by atoms with Crippen LogP contribution in [-0.2, 0) is 11.3 Å². The largest absolute Gasteiger partial charge is 0.377 e. The minimum atomic E-state index is -1.03. The van der Waals surface area contributed by atoms with Crippen LogP contribution in [0.1, 0.15) is 20.9 Å². The van der Waals surface area contributed by atoms with E-state index in [-0.39, 0.29) is 5.78 Å². The van der Waals surface area contributed by atoms with Crippen molar-refractivity contribution in [2.24, 2.45) is 0 Å². The van der Waals surface area contributed by atoms with Crippen molar-refractivity contribution in [3.63, 3.8) is 0 Å². The Balaban J connectivity index is 1.89. The summed E-state index contributed by atoms with van der Waals surface area (Å²) in [4.78, 5) is 16.4. The molecule has 1 aromatic carbocycles. The van der Waals surface area contributed by atoms with Gasteiger partial charge in [0, 0.05) is 25.6 Å². The highest BCUT2D eigenvalue weighted by molar-refractivity contribution is 9.10. The summed E-state index contributed by atoms with van der Waals surface area (Å²) in [6.07, 6.45) is 0. The Morgan fingerprint density at radius 2 is 1.95 bits per heavy atom. The summed E-state index contributed by atoms with van der Waals surface area (Å²) in [7, 11) is -1.03. The first-order valence-electron chi connectivity index (χ1n) is 7.17. The van der Waals surface area contributed by atoms with E-state index < -0.39 is 8.07 Å². The second-order valence-electron chi connectivity index (χ2n) is 6.36. The van der Waals surface area contributed by atoms with Crippen LogP contribution in [0, 0.1) is 0 Å². The van der Waals surface area contributed by atoms with Crippen LogP contribution in [0.4, 0.5) is 0 Å². The summed E-state index contributed by atoms with van der Waals surface area (Å²) in [6, 6.07) is 8.75. The molecule has 0 radical (unpaired) electrons. The van der Waals surface area contributed by atoms with E-state index in [4.69, 9.17) is 4.74 Å². The zero-order chi connectivity index (χ0) is 16.2. The monoisotopic (exact) mass is 397 g/mol. The number of carbonyl (C=O) groups is 1. The first-order valence-corrected chi connectivity index (χ1v) is 12.6. The fourth-order valence-electron chi connectivity index (χ4n) is 1.80. The fourth-order valence-corrected chi connectivity index (χ4v) is 3.77. The molecule has 0 N–H and O–H groups in total. The quantitative estimate of drug-likeness (QED) is 0.375. The Hall–Kier alpha value is -0.823. The Morgan fingerprint density at radius 1 is 1.27 bits per heavy atom. The van der Waals surface area contributed by atoms with Gasteiger partial charge in [0.2, 0.25) is 5.78 Å². The van der Waals surface area contributed by atoms with Gasteiger partial charge in [-0.15, -0.1) is 11.3 Å². The van der Waals surface area contributed by atoms with Gasteiger partial charge in [0.15, 0.2) is 5.01 Å². The summed E-state index contributed by atoms with van der Waals surface area (Å²) in [5.41, 5.74) is 1.75. The third-order valence-electron chi connectivity index (χ3n) is 3.15. The van der Waals surface area contributed by atoms with E-state index in [1.807, 2.05) is 29.6 Å². The lowest BCUT2D eigenvalue weighted by molar-refractivity contribution is 0.103. The highest BCUT2D eigenvalue weighted by Gasteiger charge is 2.14. The number of aromatic nitrogens is 1. The predicted octanol–water partition coefficient (Wildman–Crippen LogP) is 4.99. The van der Waals surface area contributed by atoms with E-state index in [0.717, 1.165) is 12.2 Å². The topological polar surface area (TPSA) is 39.2 Å². The maximum absolute atomic E-state index is 12.2. The van der Waals surface area contributed by atoms with Crippen LogP contribution in [0.5, 0.6) is 0 Å². The number of benzene rings is 1. The number of hydrogen-bond acceptors (Lipinski definition) is 4. The molecule has 2 aromatic rings. The minimum Gasteiger partial charge on any atom is -0.377 e. The maximum atomic E-state index is 12.2. The smallest absolute Gasteiger partial charge is 0.221 e. The normalized spacial score (nSPS) is 11.6. The van der Waals surface area contributed by atoms with Gasteiger partial charge in [0.05, 0.1) is 6.61 Å². The average Bonchev–Trinajstić information content (AvgIpc) is 2.89. The van der Waals surface area contributed by atoms with Crippen molar-refractivity contribution in [3.8, 4) is 0 Å². The lowest BCUT2D eigenvalue weighted by Gasteiger charge is -2.15.